The van der Waals surface area contributed by atoms with Crippen LogP contribution in [-0.4, -0.2) is 6.54 Å². The van der Waals surface area contributed by atoms with E-state index < -0.39 is 0 Å². The second-order valence-corrected chi connectivity index (χ2v) is 4.08. The lowest BCUT2D eigenvalue weighted by Crippen LogP contribution is -2.03. The number of nitrogens with two attached hydrogens (primary N) is 1. The Hall–Kier alpha value is -1.34. The Balaban J connectivity index is 2.76. The first-order valence-corrected chi connectivity index (χ1v) is 5.42. The van der Waals surface area contributed by atoms with E-state index in [4.69, 9.17) is 5.73 Å². The lowest BCUT2D eigenvalue weighted by atomic mass is 9.95. The molecule has 2 aromatic rings. The van der Waals surface area contributed by atoms with Crippen molar-refractivity contribution in [3.63, 3.8) is 0 Å². The Morgan fingerprint density at radius 2 is 1.73 bits per heavy atom. The Morgan fingerprint density at radius 3 is 2.47 bits per heavy atom. The summed E-state index contributed by atoms with van der Waals surface area (Å²) >= 11 is 0. The molecule has 0 saturated carbocycles. The first-order valence-electron chi connectivity index (χ1n) is 5.42. The molecular formula is C14H17N. The molecule has 0 radical (unpaired) electrons. The van der Waals surface area contributed by atoms with Crippen LogP contribution in [0.5, 0.6) is 0 Å². The summed E-state index contributed by atoms with van der Waals surface area (Å²) in [5.41, 5.74) is 9.69. The molecule has 0 amide bonds. The zero-order valence-corrected chi connectivity index (χ0v) is 9.38. The van der Waals surface area contributed by atoms with Gasteiger partial charge in [0.15, 0.2) is 0 Å². The van der Waals surface area contributed by atoms with Gasteiger partial charge in [0.1, 0.15) is 0 Å². The molecule has 1 heteroatoms. The smallest absolute Gasteiger partial charge is 0.00365 e. The SMILES string of the molecule is Cc1cccc2c(CCN)ccc(C)c12. The quantitative estimate of drug-likeness (QED) is 0.790. The Morgan fingerprint density at radius 1 is 1.00 bits per heavy atom. The summed E-state index contributed by atoms with van der Waals surface area (Å²) in [6.07, 6.45) is 0.959. The van der Waals surface area contributed by atoms with Gasteiger partial charge in [-0.25, -0.2) is 0 Å². The Bertz CT molecular complexity index is 478. The zero-order valence-electron chi connectivity index (χ0n) is 9.38. The molecule has 0 unspecified atom stereocenters. The predicted molar refractivity (Wildman–Crippen MR) is 66.2 cm³/mol. The molecule has 0 aliphatic carbocycles. The van der Waals surface area contributed by atoms with Crippen molar-refractivity contribution in [2.24, 2.45) is 5.73 Å². The molecule has 0 saturated heterocycles. The average Bonchev–Trinajstić information content (AvgIpc) is 2.22. The van der Waals surface area contributed by atoms with E-state index in [9.17, 15) is 0 Å². The molecular weight excluding hydrogens is 182 g/mol. The van der Waals surface area contributed by atoms with Crippen LogP contribution in [0.4, 0.5) is 0 Å². The summed E-state index contributed by atoms with van der Waals surface area (Å²) < 4.78 is 0. The van der Waals surface area contributed by atoms with Gasteiger partial charge in [0, 0.05) is 0 Å². The number of hydrogen-bond acceptors (Lipinski definition) is 1. The van der Waals surface area contributed by atoms with Crippen molar-refractivity contribution in [2.45, 2.75) is 20.3 Å². The van der Waals surface area contributed by atoms with E-state index in [-0.39, 0.29) is 0 Å². The molecule has 0 spiro atoms. The van der Waals surface area contributed by atoms with Crippen LogP contribution < -0.4 is 5.73 Å². The number of aryl methyl sites for hydroxylation is 2. The lowest BCUT2D eigenvalue weighted by Gasteiger charge is -2.10. The lowest BCUT2D eigenvalue weighted by molar-refractivity contribution is 0.977. The normalized spacial score (nSPS) is 10.9. The number of benzene rings is 2. The van der Waals surface area contributed by atoms with Gasteiger partial charge in [-0.15, -0.1) is 0 Å². The summed E-state index contributed by atoms with van der Waals surface area (Å²) in [5, 5.41) is 2.75. The highest BCUT2D eigenvalue weighted by Gasteiger charge is 2.04. The summed E-state index contributed by atoms with van der Waals surface area (Å²) in [6.45, 7) is 5.05. The molecule has 1 nitrogen and oxygen atoms in total. The second-order valence-electron chi connectivity index (χ2n) is 4.08. The fraction of sp³-hybridized carbons (Fsp3) is 0.286. The Labute approximate surface area is 90.9 Å². The van der Waals surface area contributed by atoms with Gasteiger partial charge >= 0.3 is 0 Å². The molecule has 2 N–H and O–H groups in total. The molecule has 15 heavy (non-hydrogen) atoms. The van der Waals surface area contributed by atoms with Crippen LogP contribution >= 0.6 is 0 Å². The highest BCUT2D eigenvalue weighted by atomic mass is 14.5. The average molecular weight is 199 g/mol. The highest BCUT2D eigenvalue weighted by molar-refractivity contribution is 5.91. The van der Waals surface area contributed by atoms with Crippen molar-refractivity contribution in [3.8, 4) is 0 Å². The number of rotatable bonds is 2. The van der Waals surface area contributed by atoms with E-state index in [1.807, 2.05) is 0 Å². The number of fused-ring (bicyclic) bond motifs is 1. The Kier molecular flexibility index (Phi) is 2.74. The standard InChI is InChI=1S/C14H17N/c1-10-4-3-5-13-12(8-9-15)7-6-11(2)14(10)13/h3-7H,8-9,15H2,1-2H3. The van der Waals surface area contributed by atoms with Gasteiger partial charge in [0.25, 0.3) is 0 Å². The molecule has 0 heterocycles. The van der Waals surface area contributed by atoms with Crippen molar-refractivity contribution in [2.75, 3.05) is 6.54 Å². The predicted octanol–water partition coefficient (Wildman–Crippen LogP) is 2.96. The van der Waals surface area contributed by atoms with Gasteiger partial charge in [-0.3, -0.25) is 0 Å². The summed E-state index contributed by atoms with van der Waals surface area (Å²) in [4.78, 5) is 0. The van der Waals surface area contributed by atoms with Crippen LogP contribution in [0.3, 0.4) is 0 Å². The minimum Gasteiger partial charge on any atom is -0.330 e. The van der Waals surface area contributed by atoms with Gasteiger partial charge in [0.2, 0.25) is 0 Å². The van der Waals surface area contributed by atoms with Crippen LogP contribution in [0.1, 0.15) is 16.7 Å². The number of hydrogen-bond donors (Lipinski definition) is 1. The summed E-state index contributed by atoms with van der Waals surface area (Å²) in [5.74, 6) is 0. The third-order valence-electron chi connectivity index (χ3n) is 2.96. The first-order chi connectivity index (χ1) is 7.24. The molecule has 2 rings (SSSR count). The van der Waals surface area contributed by atoms with E-state index in [2.05, 4.69) is 44.2 Å². The molecule has 2 aromatic carbocycles. The maximum absolute atomic E-state index is 5.63. The summed E-state index contributed by atoms with van der Waals surface area (Å²) in [7, 11) is 0. The van der Waals surface area contributed by atoms with Crippen LogP contribution in [0.2, 0.25) is 0 Å². The topological polar surface area (TPSA) is 26.0 Å². The van der Waals surface area contributed by atoms with Gasteiger partial charge in [-0.1, -0.05) is 30.3 Å². The molecule has 0 atom stereocenters. The summed E-state index contributed by atoms with van der Waals surface area (Å²) in [6, 6.07) is 10.9. The van der Waals surface area contributed by atoms with Crippen LogP contribution in [0, 0.1) is 13.8 Å². The van der Waals surface area contributed by atoms with E-state index in [1.54, 1.807) is 0 Å². The van der Waals surface area contributed by atoms with Crippen molar-refractivity contribution >= 4 is 10.8 Å². The third kappa shape index (κ3) is 1.75. The van der Waals surface area contributed by atoms with Crippen molar-refractivity contribution in [1.82, 2.24) is 0 Å². The molecule has 0 aliphatic heterocycles. The van der Waals surface area contributed by atoms with E-state index >= 15 is 0 Å². The third-order valence-corrected chi connectivity index (χ3v) is 2.96. The molecule has 0 bridgehead atoms. The van der Waals surface area contributed by atoms with E-state index in [1.165, 1.54) is 27.5 Å². The second kappa shape index (κ2) is 4.03. The van der Waals surface area contributed by atoms with Gasteiger partial charge in [-0.2, -0.15) is 0 Å². The monoisotopic (exact) mass is 199 g/mol. The molecule has 0 aromatic heterocycles. The maximum Gasteiger partial charge on any atom is -0.00365 e. The van der Waals surface area contributed by atoms with Crippen molar-refractivity contribution in [1.29, 1.82) is 0 Å². The van der Waals surface area contributed by atoms with Gasteiger partial charge < -0.3 is 5.73 Å². The van der Waals surface area contributed by atoms with Crippen molar-refractivity contribution < 1.29 is 0 Å². The molecule has 0 fully saturated rings. The van der Waals surface area contributed by atoms with Gasteiger partial charge in [0.05, 0.1) is 0 Å². The largest absolute Gasteiger partial charge is 0.330 e. The zero-order chi connectivity index (χ0) is 10.8. The van der Waals surface area contributed by atoms with E-state index in [0.717, 1.165) is 6.42 Å². The van der Waals surface area contributed by atoms with Crippen LogP contribution in [-0.2, 0) is 6.42 Å². The minimum absolute atomic E-state index is 0.714. The fourth-order valence-electron chi connectivity index (χ4n) is 2.23. The van der Waals surface area contributed by atoms with Crippen LogP contribution in [0.15, 0.2) is 30.3 Å². The van der Waals surface area contributed by atoms with Crippen molar-refractivity contribution in [3.05, 3.63) is 47.0 Å². The van der Waals surface area contributed by atoms with Gasteiger partial charge in [-0.05, 0) is 54.3 Å². The first kappa shape index (κ1) is 10.2. The van der Waals surface area contributed by atoms with E-state index in [0.29, 0.717) is 6.54 Å². The fourth-order valence-corrected chi connectivity index (χ4v) is 2.23. The maximum atomic E-state index is 5.63. The van der Waals surface area contributed by atoms with Crippen LogP contribution in [0.25, 0.3) is 10.8 Å². The molecule has 78 valence electrons. The highest BCUT2D eigenvalue weighted by Crippen LogP contribution is 2.25. The minimum atomic E-state index is 0.714. The molecule has 0 aliphatic rings.